The second-order valence-electron chi connectivity index (χ2n) is 4.44. The van der Waals surface area contributed by atoms with E-state index in [2.05, 4.69) is 31.9 Å². The van der Waals surface area contributed by atoms with Crippen molar-refractivity contribution >= 4 is 31.9 Å². The molecule has 0 fully saturated rings. The number of hydrogen-bond donors (Lipinski definition) is 1. The molecule has 1 unspecified atom stereocenters. The zero-order valence-electron chi connectivity index (χ0n) is 10.9. The van der Waals surface area contributed by atoms with Crippen molar-refractivity contribution in [2.45, 2.75) is 12.5 Å². The lowest BCUT2D eigenvalue weighted by Gasteiger charge is -2.15. The molecule has 0 radical (unpaired) electrons. The first kappa shape index (κ1) is 15.5. The largest absolute Gasteiger partial charge is 0.496 e. The minimum atomic E-state index is -0.263. The number of benzene rings is 2. The third kappa shape index (κ3) is 3.59. The summed E-state index contributed by atoms with van der Waals surface area (Å²) < 4.78 is 19.9. The molecule has 5 heteroatoms. The number of halogens is 3. The highest BCUT2D eigenvalue weighted by Gasteiger charge is 2.12. The van der Waals surface area contributed by atoms with Crippen LogP contribution in [0.4, 0.5) is 4.39 Å². The molecule has 0 amide bonds. The van der Waals surface area contributed by atoms with Crippen molar-refractivity contribution in [3.05, 3.63) is 62.3 Å². The van der Waals surface area contributed by atoms with Crippen LogP contribution in [0.5, 0.6) is 5.75 Å². The molecule has 0 aromatic heterocycles. The van der Waals surface area contributed by atoms with E-state index >= 15 is 0 Å². The molecule has 0 aliphatic rings. The lowest BCUT2D eigenvalue weighted by atomic mass is 9.99. The van der Waals surface area contributed by atoms with Crippen LogP contribution in [0.15, 0.2) is 45.3 Å². The van der Waals surface area contributed by atoms with E-state index in [1.54, 1.807) is 13.2 Å². The van der Waals surface area contributed by atoms with Gasteiger partial charge in [-0.2, -0.15) is 0 Å². The Balaban J connectivity index is 2.19. The van der Waals surface area contributed by atoms with Crippen LogP contribution in [0.1, 0.15) is 17.2 Å². The van der Waals surface area contributed by atoms with Crippen LogP contribution in [0, 0.1) is 5.82 Å². The Hall–Kier alpha value is -0.910. The predicted octanol–water partition coefficient (Wildman–Crippen LogP) is 4.60. The Bertz CT molecular complexity index is 619. The lowest BCUT2D eigenvalue weighted by Crippen LogP contribution is -2.13. The van der Waals surface area contributed by atoms with Crippen LogP contribution in [-0.4, -0.2) is 7.11 Å². The minimum Gasteiger partial charge on any atom is -0.496 e. The first-order valence-corrected chi connectivity index (χ1v) is 7.63. The monoisotopic (exact) mass is 401 g/mol. The second kappa shape index (κ2) is 6.70. The van der Waals surface area contributed by atoms with E-state index in [9.17, 15) is 4.39 Å². The molecule has 0 aliphatic carbocycles. The Labute approximate surface area is 134 Å². The zero-order valence-corrected chi connectivity index (χ0v) is 14.0. The zero-order chi connectivity index (χ0) is 14.7. The van der Waals surface area contributed by atoms with Gasteiger partial charge in [0.05, 0.1) is 11.6 Å². The van der Waals surface area contributed by atoms with Gasteiger partial charge in [-0.25, -0.2) is 4.39 Å². The number of nitrogens with two attached hydrogens (primary N) is 1. The Morgan fingerprint density at radius 2 is 1.90 bits per heavy atom. The summed E-state index contributed by atoms with van der Waals surface area (Å²) >= 11 is 6.81. The quantitative estimate of drug-likeness (QED) is 0.810. The fourth-order valence-corrected chi connectivity index (χ4v) is 3.03. The molecule has 2 nitrogen and oxygen atoms in total. The van der Waals surface area contributed by atoms with Gasteiger partial charge < -0.3 is 10.5 Å². The Morgan fingerprint density at radius 3 is 2.50 bits per heavy atom. The topological polar surface area (TPSA) is 35.2 Å². The van der Waals surface area contributed by atoms with Crippen LogP contribution in [-0.2, 0) is 6.42 Å². The fraction of sp³-hybridized carbons (Fsp3) is 0.200. The standard InChI is InChI=1S/C15H14Br2FNO/c1-20-15-5-3-10(6-13(15)17)14(19)7-9-2-4-11(18)8-12(9)16/h2-6,8,14H,7,19H2,1H3. The summed E-state index contributed by atoms with van der Waals surface area (Å²) in [5.74, 6) is 0.505. The van der Waals surface area contributed by atoms with Gasteiger partial charge in [-0.05, 0) is 57.7 Å². The number of ether oxygens (including phenoxy) is 1. The molecule has 0 aliphatic heterocycles. The molecule has 0 spiro atoms. The van der Waals surface area contributed by atoms with E-state index in [0.29, 0.717) is 6.42 Å². The highest BCUT2D eigenvalue weighted by molar-refractivity contribution is 9.10. The van der Waals surface area contributed by atoms with Gasteiger partial charge in [0.25, 0.3) is 0 Å². The van der Waals surface area contributed by atoms with Crippen molar-refractivity contribution < 1.29 is 9.13 Å². The SMILES string of the molecule is COc1ccc(C(N)Cc2ccc(F)cc2Br)cc1Br. The van der Waals surface area contributed by atoms with E-state index < -0.39 is 0 Å². The summed E-state index contributed by atoms with van der Waals surface area (Å²) in [7, 11) is 1.62. The summed E-state index contributed by atoms with van der Waals surface area (Å²) in [6.07, 6.45) is 0.625. The molecule has 2 aromatic carbocycles. The molecular formula is C15H14Br2FNO. The van der Waals surface area contributed by atoms with Crippen molar-refractivity contribution in [1.29, 1.82) is 0 Å². The average molecular weight is 403 g/mol. The van der Waals surface area contributed by atoms with Gasteiger partial charge in [0, 0.05) is 10.5 Å². The maximum absolute atomic E-state index is 13.1. The van der Waals surface area contributed by atoms with Gasteiger partial charge in [0.1, 0.15) is 11.6 Å². The van der Waals surface area contributed by atoms with Crippen molar-refractivity contribution in [3.8, 4) is 5.75 Å². The summed E-state index contributed by atoms with van der Waals surface area (Å²) in [4.78, 5) is 0. The maximum Gasteiger partial charge on any atom is 0.133 e. The van der Waals surface area contributed by atoms with Crippen LogP contribution >= 0.6 is 31.9 Å². The van der Waals surface area contributed by atoms with Crippen LogP contribution in [0.25, 0.3) is 0 Å². The lowest BCUT2D eigenvalue weighted by molar-refractivity contribution is 0.412. The van der Waals surface area contributed by atoms with Crippen molar-refractivity contribution in [3.63, 3.8) is 0 Å². The third-order valence-corrected chi connectivity index (χ3v) is 4.42. The van der Waals surface area contributed by atoms with Crippen molar-refractivity contribution in [1.82, 2.24) is 0 Å². The highest BCUT2D eigenvalue weighted by atomic mass is 79.9. The Kier molecular flexibility index (Phi) is 5.18. The predicted molar refractivity (Wildman–Crippen MR) is 85.4 cm³/mol. The molecule has 0 saturated heterocycles. The van der Waals surface area contributed by atoms with Crippen LogP contribution in [0.3, 0.4) is 0 Å². The van der Waals surface area contributed by atoms with E-state index in [4.69, 9.17) is 10.5 Å². The Morgan fingerprint density at radius 1 is 1.15 bits per heavy atom. The fourth-order valence-electron chi connectivity index (χ4n) is 1.96. The van der Waals surface area contributed by atoms with E-state index in [1.165, 1.54) is 12.1 Å². The first-order chi connectivity index (χ1) is 9.51. The molecule has 2 N–H and O–H groups in total. The highest BCUT2D eigenvalue weighted by Crippen LogP contribution is 2.29. The molecule has 20 heavy (non-hydrogen) atoms. The molecule has 2 rings (SSSR count). The normalized spacial score (nSPS) is 12.2. The molecule has 106 valence electrons. The third-order valence-electron chi connectivity index (χ3n) is 3.06. The molecule has 0 saturated carbocycles. The maximum atomic E-state index is 13.1. The van der Waals surface area contributed by atoms with E-state index in [0.717, 1.165) is 25.8 Å². The number of hydrogen-bond acceptors (Lipinski definition) is 2. The van der Waals surface area contributed by atoms with Gasteiger partial charge in [0.2, 0.25) is 0 Å². The van der Waals surface area contributed by atoms with Crippen molar-refractivity contribution in [2.24, 2.45) is 5.73 Å². The van der Waals surface area contributed by atoms with E-state index in [-0.39, 0.29) is 11.9 Å². The molecule has 0 heterocycles. The number of rotatable bonds is 4. The summed E-state index contributed by atoms with van der Waals surface area (Å²) in [5, 5.41) is 0. The summed E-state index contributed by atoms with van der Waals surface area (Å²) in [6.45, 7) is 0. The summed E-state index contributed by atoms with van der Waals surface area (Å²) in [5.41, 5.74) is 8.19. The first-order valence-electron chi connectivity index (χ1n) is 6.04. The van der Waals surface area contributed by atoms with Gasteiger partial charge in [-0.1, -0.05) is 28.1 Å². The van der Waals surface area contributed by atoms with Gasteiger partial charge in [-0.15, -0.1) is 0 Å². The van der Waals surface area contributed by atoms with Crippen molar-refractivity contribution in [2.75, 3.05) is 7.11 Å². The van der Waals surface area contributed by atoms with Gasteiger partial charge >= 0.3 is 0 Å². The molecule has 2 aromatic rings. The molecule has 1 atom stereocenters. The molecule has 0 bridgehead atoms. The van der Waals surface area contributed by atoms with E-state index in [1.807, 2.05) is 18.2 Å². The smallest absolute Gasteiger partial charge is 0.133 e. The average Bonchev–Trinajstić information content (AvgIpc) is 2.41. The molecular weight excluding hydrogens is 389 g/mol. The number of methoxy groups -OCH3 is 1. The van der Waals surface area contributed by atoms with Crippen LogP contribution < -0.4 is 10.5 Å². The van der Waals surface area contributed by atoms with Gasteiger partial charge in [0.15, 0.2) is 0 Å². The minimum absolute atomic E-state index is 0.168. The second-order valence-corrected chi connectivity index (χ2v) is 6.15. The van der Waals surface area contributed by atoms with Crippen LogP contribution in [0.2, 0.25) is 0 Å². The summed E-state index contributed by atoms with van der Waals surface area (Å²) in [6, 6.07) is 10.2. The van der Waals surface area contributed by atoms with Gasteiger partial charge in [-0.3, -0.25) is 0 Å².